The fourth-order valence-corrected chi connectivity index (χ4v) is 1.56. The maximum atomic E-state index is 2.52. The van der Waals surface area contributed by atoms with Crippen LogP contribution in [0.2, 0.25) is 0 Å². The minimum Gasteiger partial charge on any atom is -0.388 e. The van der Waals surface area contributed by atoms with E-state index < -0.39 is 0 Å². The van der Waals surface area contributed by atoms with E-state index in [1.165, 1.54) is 49.2 Å². The van der Waals surface area contributed by atoms with Crippen LogP contribution in [0.1, 0.15) is 6.92 Å². The fourth-order valence-electron chi connectivity index (χ4n) is 1.16. The van der Waals surface area contributed by atoms with Gasteiger partial charge < -0.3 is 8.78 Å². The quantitative estimate of drug-likeness (QED) is 0.441. The van der Waals surface area contributed by atoms with Crippen molar-refractivity contribution in [1.82, 2.24) is 8.78 Å². The molecule has 0 atom stereocenters. The molecule has 2 nitrogen and oxygen atoms in total. The largest absolute Gasteiger partial charge is 0.388 e. The van der Waals surface area contributed by atoms with Crippen molar-refractivity contribution in [3.63, 3.8) is 0 Å². The predicted octanol–water partition coefficient (Wildman–Crippen LogP) is -0.828. The second-order valence-corrected chi connectivity index (χ2v) is 4.00. The topological polar surface area (TPSA) is 6.48 Å². The Morgan fingerprint density at radius 3 is 2.22 bits per heavy atom. The summed E-state index contributed by atoms with van der Waals surface area (Å²) in [6, 6.07) is 0. The van der Waals surface area contributed by atoms with Crippen molar-refractivity contribution in [2.45, 2.75) is 6.92 Å². The first-order valence-electron chi connectivity index (χ1n) is 3.74. The summed E-state index contributed by atoms with van der Waals surface area (Å²) in [5, 5.41) is 0. The molecule has 1 heterocycles. The van der Waals surface area contributed by atoms with Crippen LogP contribution in [0.3, 0.4) is 0 Å². The molecule has 1 saturated heterocycles. The molecule has 0 amide bonds. The molecule has 0 spiro atoms. The van der Waals surface area contributed by atoms with E-state index >= 15 is 0 Å². The fraction of sp³-hybridized carbons (Fsp3) is 1.00. The highest BCUT2D eigenvalue weighted by Gasteiger charge is 2.09. The zero-order valence-electron chi connectivity index (χ0n) is 6.43. The second-order valence-electron chi connectivity index (χ2n) is 2.74. The Morgan fingerprint density at radius 2 is 1.78 bits per heavy atom. The first-order chi connectivity index (χ1) is 4.33. The molecule has 0 aromatic carbocycles. The Kier molecular flexibility index (Phi) is 3.01. The van der Waals surface area contributed by atoms with Gasteiger partial charge in [0.2, 0.25) is 0 Å². The summed E-state index contributed by atoms with van der Waals surface area (Å²) < 4.78 is 2.52. The molecule has 0 unspecified atom stereocenters. The highest BCUT2D eigenvalue weighted by molar-refractivity contribution is 6.04. The molecule has 1 fully saturated rings. The molecule has 52 valence electrons. The number of piperazine rings is 1. The number of hydrogen-bond donors (Lipinski definition) is 0. The Morgan fingerprint density at radius 1 is 1.22 bits per heavy atom. The van der Waals surface area contributed by atoms with Crippen LogP contribution in [0.25, 0.3) is 0 Å². The van der Waals surface area contributed by atoms with Gasteiger partial charge in [-0.05, 0) is 19.6 Å². The average Bonchev–Trinajstić information content (AvgIpc) is 1.90. The normalized spacial score (nSPS) is 24.6. The van der Waals surface area contributed by atoms with Gasteiger partial charge in [-0.3, -0.25) is 0 Å². The maximum absolute atomic E-state index is 2.52. The van der Waals surface area contributed by atoms with Gasteiger partial charge in [-0.25, -0.2) is 0 Å². The molecule has 0 N–H and O–H groups in total. The van der Waals surface area contributed by atoms with E-state index in [2.05, 4.69) is 15.7 Å². The van der Waals surface area contributed by atoms with E-state index in [0.717, 1.165) is 0 Å². The van der Waals surface area contributed by atoms with Gasteiger partial charge in [-0.15, -0.1) is 0 Å². The third kappa shape index (κ3) is 2.27. The van der Waals surface area contributed by atoms with Crippen LogP contribution < -0.4 is 0 Å². The van der Waals surface area contributed by atoms with E-state index in [4.69, 9.17) is 0 Å². The smallest absolute Gasteiger partial charge is 0.321 e. The summed E-state index contributed by atoms with van der Waals surface area (Å²) in [4.78, 5) is 2.51. The summed E-state index contributed by atoms with van der Waals surface area (Å²) in [6.45, 7) is 8.66. The van der Waals surface area contributed by atoms with Gasteiger partial charge in [0.05, 0.1) is 0 Å². The van der Waals surface area contributed by atoms with Crippen LogP contribution in [0.15, 0.2) is 0 Å². The lowest BCUT2D eigenvalue weighted by molar-refractivity contribution is 0.200. The minimum atomic E-state index is 1.23. The second kappa shape index (κ2) is 3.58. The van der Waals surface area contributed by atoms with Gasteiger partial charge in [0.1, 0.15) is 0 Å². The Hall–Kier alpha value is 0.452. The van der Waals surface area contributed by atoms with Crippen molar-refractivity contribution >= 4 is 16.5 Å². The van der Waals surface area contributed by atoms with Crippen LogP contribution in [0.5, 0.6) is 0 Å². The lowest BCUT2D eigenvalue weighted by Gasteiger charge is -2.32. The van der Waals surface area contributed by atoms with E-state index in [-0.39, 0.29) is 0 Å². The molecule has 0 aromatic heterocycles. The van der Waals surface area contributed by atoms with E-state index in [1.807, 2.05) is 0 Å². The van der Waals surface area contributed by atoms with Crippen LogP contribution in [-0.2, 0) is 0 Å². The minimum absolute atomic E-state index is 1.23. The van der Waals surface area contributed by atoms with Crippen LogP contribution >= 0.6 is 0 Å². The van der Waals surface area contributed by atoms with Crippen molar-refractivity contribution in [2.24, 2.45) is 0 Å². The van der Waals surface area contributed by atoms with Crippen LogP contribution in [-0.4, -0.2) is 58.0 Å². The maximum Gasteiger partial charge on any atom is 0.321 e. The first-order valence-corrected chi connectivity index (χ1v) is 4.63. The van der Waals surface area contributed by atoms with Gasteiger partial charge in [0.15, 0.2) is 0 Å². The van der Waals surface area contributed by atoms with E-state index in [1.54, 1.807) is 0 Å². The number of likely N-dealkylation sites (N-methyl/N-ethyl adjacent to an activating group) is 1. The van der Waals surface area contributed by atoms with Crippen molar-refractivity contribution in [1.29, 1.82) is 0 Å². The molecule has 0 aromatic rings. The van der Waals surface area contributed by atoms with Gasteiger partial charge in [-0.1, -0.05) is 6.92 Å². The van der Waals surface area contributed by atoms with Gasteiger partial charge in [0.25, 0.3) is 0 Å². The molecule has 9 heavy (non-hydrogen) atoms. The third-order valence-electron chi connectivity index (χ3n) is 2.04. The molecule has 3 heteroatoms. The lowest BCUT2D eigenvalue weighted by atomic mass is 10.4. The highest BCUT2D eigenvalue weighted by Crippen LogP contribution is 1.96. The Bertz CT molecular complexity index is 79.1. The summed E-state index contributed by atoms with van der Waals surface area (Å²) in [5.41, 5.74) is 0. The van der Waals surface area contributed by atoms with Crippen LogP contribution in [0, 0.1) is 0 Å². The van der Waals surface area contributed by atoms with Crippen molar-refractivity contribution in [2.75, 3.05) is 32.7 Å². The SMILES string of the molecule is CCN1CC[N]([AlH2])CC1. The van der Waals surface area contributed by atoms with E-state index in [0.29, 0.717) is 0 Å². The predicted molar refractivity (Wildman–Crippen MR) is 42.2 cm³/mol. The molecule has 1 aliphatic rings. The summed E-state index contributed by atoms with van der Waals surface area (Å²) in [6.07, 6.45) is 0. The zero-order chi connectivity index (χ0) is 6.69. The highest BCUT2D eigenvalue weighted by atomic mass is 27.1. The number of nitrogens with zero attached hydrogens (tertiary/aromatic N) is 2. The summed E-state index contributed by atoms with van der Waals surface area (Å²) in [7, 11) is 0. The van der Waals surface area contributed by atoms with Gasteiger partial charge in [-0.2, -0.15) is 0 Å². The monoisotopic (exact) mass is 142 g/mol. The average molecular weight is 142 g/mol. The van der Waals surface area contributed by atoms with Crippen molar-refractivity contribution in [3.8, 4) is 0 Å². The molecule has 0 saturated carbocycles. The van der Waals surface area contributed by atoms with E-state index in [9.17, 15) is 0 Å². The summed E-state index contributed by atoms with van der Waals surface area (Å²) in [5.74, 6) is 0. The van der Waals surface area contributed by atoms with Crippen molar-refractivity contribution in [3.05, 3.63) is 0 Å². The Labute approximate surface area is 65.5 Å². The van der Waals surface area contributed by atoms with Crippen LogP contribution in [0.4, 0.5) is 0 Å². The number of rotatable bonds is 1. The molecule has 1 rings (SSSR count). The zero-order valence-corrected chi connectivity index (χ0v) is 8.43. The van der Waals surface area contributed by atoms with Crippen molar-refractivity contribution < 1.29 is 0 Å². The molecule has 0 radical (unpaired) electrons. The molecular formula is C6H15AlN2. The lowest BCUT2D eigenvalue weighted by Crippen LogP contribution is -2.44. The molecular weight excluding hydrogens is 127 g/mol. The molecule has 0 bridgehead atoms. The number of hydrogen-bond acceptors (Lipinski definition) is 2. The summed E-state index contributed by atoms with van der Waals surface area (Å²) >= 11 is 1.25. The Balaban J connectivity index is 2.18. The molecule has 0 aliphatic carbocycles. The molecule has 1 aliphatic heterocycles. The first kappa shape index (κ1) is 7.56. The standard InChI is InChI=1S/C6H13N2.Al.2H/c1-2-8-5-3-7-4-6-8;;;/h2-6H2,1H3;;;/q-1;+1;;. The van der Waals surface area contributed by atoms with Gasteiger partial charge in [0, 0.05) is 13.1 Å². The third-order valence-corrected chi connectivity index (χ3v) is 2.94. The van der Waals surface area contributed by atoms with Gasteiger partial charge >= 0.3 is 16.5 Å².